The first kappa shape index (κ1) is 19.4. The lowest BCUT2D eigenvalue weighted by Gasteiger charge is -2.14. The number of ether oxygens (including phenoxy) is 1. The van der Waals surface area contributed by atoms with Gasteiger partial charge >= 0.3 is 0 Å². The summed E-state index contributed by atoms with van der Waals surface area (Å²) in [4.78, 5) is 0. The minimum Gasteiger partial charge on any atom is -0.489 e. The van der Waals surface area contributed by atoms with Gasteiger partial charge in [-0.2, -0.15) is 0 Å². The lowest BCUT2D eigenvalue weighted by Crippen LogP contribution is -2.04. The average molecular weight is 472 g/mol. The zero-order valence-electron chi connectivity index (χ0n) is 13.6. The average Bonchev–Trinajstić information content (AvgIpc) is 2.58. The predicted octanol–water partition coefficient (Wildman–Crippen LogP) is 7.60. The zero-order chi connectivity index (χ0) is 18.5. The highest BCUT2D eigenvalue weighted by Crippen LogP contribution is 2.27. The molecule has 0 aliphatic carbocycles. The van der Waals surface area contributed by atoms with Crippen LogP contribution in [0, 0.1) is 0 Å². The number of hydrogen-bond acceptors (Lipinski definition) is 2. The Labute approximate surface area is 176 Å². The number of nitrogens with one attached hydrogen (secondary N) is 1. The molecule has 0 saturated carbocycles. The molecule has 0 spiro atoms. The second-order valence-electron chi connectivity index (χ2n) is 5.68. The van der Waals surface area contributed by atoms with Gasteiger partial charge in [-0.25, -0.2) is 0 Å². The fourth-order valence-electron chi connectivity index (χ4n) is 2.47. The molecule has 134 valence electrons. The number of rotatable bonds is 6. The molecule has 0 fully saturated rings. The monoisotopic (exact) mass is 469 g/mol. The smallest absolute Gasteiger partial charge is 0.124 e. The molecule has 0 radical (unpaired) electrons. The third kappa shape index (κ3) is 5.55. The fourth-order valence-corrected chi connectivity index (χ4v) is 3.62. The number of halogens is 4. The summed E-state index contributed by atoms with van der Waals surface area (Å²) in [5.41, 5.74) is 2.88. The molecular formula is C20H15BrCl3NO. The molecule has 3 aromatic rings. The van der Waals surface area contributed by atoms with Gasteiger partial charge < -0.3 is 10.1 Å². The largest absolute Gasteiger partial charge is 0.489 e. The van der Waals surface area contributed by atoms with E-state index in [-0.39, 0.29) is 0 Å². The topological polar surface area (TPSA) is 21.3 Å². The molecule has 0 aromatic heterocycles. The van der Waals surface area contributed by atoms with E-state index in [2.05, 4.69) is 21.2 Å². The van der Waals surface area contributed by atoms with Crippen molar-refractivity contribution >= 4 is 56.4 Å². The fraction of sp³-hybridized carbons (Fsp3) is 0.100. The Morgan fingerprint density at radius 1 is 0.846 bits per heavy atom. The highest BCUT2D eigenvalue weighted by atomic mass is 79.9. The van der Waals surface area contributed by atoms with Crippen LogP contribution in [0.25, 0.3) is 0 Å². The van der Waals surface area contributed by atoms with Crippen LogP contribution in [-0.2, 0) is 13.2 Å². The van der Waals surface area contributed by atoms with E-state index < -0.39 is 0 Å². The molecule has 0 amide bonds. The Bertz CT molecular complexity index is 897. The van der Waals surface area contributed by atoms with Gasteiger partial charge in [0.15, 0.2) is 0 Å². The molecule has 1 N–H and O–H groups in total. The summed E-state index contributed by atoms with van der Waals surface area (Å²) in [5.74, 6) is 0.800. The van der Waals surface area contributed by atoms with Crippen molar-refractivity contribution in [2.24, 2.45) is 0 Å². The first-order chi connectivity index (χ1) is 12.5. The van der Waals surface area contributed by atoms with Crippen LogP contribution in [-0.4, -0.2) is 0 Å². The standard InChI is InChI=1S/C20H15BrCl3NO/c21-15-4-5-20(26-12-13-2-1-3-16(22)6-13)14(7-15)11-25-19-9-17(23)8-18(24)10-19/h1-10,25H,11-12H2. The van der Waals surface area contributed by atoms with Gasteiger partial charge in [-0.1, -0.05) is 62.9 Å². The van der Waals surface area contributed by atoms with Crippen LogP contribution < -0.4 is 10.1 Å². The highest BCUT2D eigenvalue weighted by Gasteiger charge is 2.07. The molecule has 6 heteroatoms. The van der Waals surface area contributed by atoms with Crippen LogP contribution in [0.15, 0.2) is 65.1 Å². The van der Waals surface area contributed by atoms with Gasteiger partial charge in [0.05, 0.1) is 0 Å². The van der Waals surface area contributed by atoms with Crippen molar-refractivity contribution in [3.8, 4) is 5.75 Å². The minimum atomic E-state index is 0.443. The lowest BCUT2D eigenvalue weighted by molar-refractivity contribution is 0.303. The summed E-state index contributed by atoms with van der Waals surface area (Å²) in [6.45, 7) is 1.01. The molecule has 0 saturated heterocycles. The summed E-state index contributed by atoms with van der Waals surface area (Å²) in [6.07, 6.45) is 0. The minimum absolute atomic E-state index is 0.443. The van der Waals surface area contributed by atoms with Gasteiger partial charge in [-0.3, -0.25) is 0 Å². The Hall–Kier alpha value is -1.39. The Kier molecular flexibility index (Phi) is 6.71. The van der Waals surface area contributed by atoms with Crippen molar-refractivity contribution in [1.82, 2.24) is 0 Å². The van der Waals surface area contributed by atoms with Crippen molar-refractivity contribution < 1.29 is 4.74 Å². The van der Waals surface area contributed by atoms with Crippen molar-refractivity contribution in [2.75, 3.05) is 5.32 Å². The van der Waals surface area contributed by atoms with E-state index in [1.807, 2.05) is 54.6 Å². The number of hydrogen-bond donors (Lipinski definition) is 1. The van der Waals surface area contributed by atoms with Crippen LogP contribution in [0.2, 0.25) is 15.1 Å². The molecule has 0 unspecified atom stereocenters. The summed E-state index contributed by atoms with van der Waals surface area (Å²) < 4.78 is 6.98. The van der Waals surface area contributed by atoms with Gasteiger partial charge in [0.1, 0.15) is 12.4 Å². The molecular weight excluding hydrogens is 456 g/mol. The van der Waals surface area contributed by atoms with Crippen LogP contribution in [0.5, 0.6) is 5.75 Å². The quantitative estimate of drug-likeness (QED) is 0.400. The Morgan fingerprint density at radius 2 is 1.62 bits per heavy atom. The van der Waals surface area contributed by atoms with Crippen molar-refractivity contribution in [3.63, 3.8) is 0 Å². The molecule has 0 bridgehead atoms. The Morgan fingerprint density at radius 3 is 2.35 bits per heavy atom. The first-order valence-electron chi connectivity index (χ1n) is 7.85. The first-order valence-corrected chi connectivity index (χ1v) is 9.78. The SMILES string of the molecule is Clc1cccc(COc2ccc(Br)cc2CNc2cc(Cl)cc(Cl)c2)c1. The normalized spacial score (nSPS) is 10.6. The van der Waals surface area contributed by atoms with Crippen LogP contribution in [0.4, 0.5) is 5.69 Å². The van der Waals surface area contributed by atoms with E-state index in [1.54, 1.807) is 6.07 Å². The Balaban J connectivity index is 1.73. The van der Waals surface area contributed by atoms with Crippen molar-refractivity contribution in [1.29, 1.82) is 0 Å². The lowest BCUT2D eigenvalue weighted by atomic mass is 10.2. The van der Waals surface area contributed by atoms with Gasteiger partial charge in [-0.15, -0.1) is 0 Å². The molecule has 0 heterocycles. The number of benzene rings is 3. The maximum atomic E-state index is 6.05. The van der Waals surface area contributed by atoms with Gasteiger partial charge in [0.25, 0.3) is 0 Å². The van der Waals surface area contributed by atoms with Gasteiger partial charge in [0.2, 0.25) is 0 Å². The van der Waals surface area contributed by atoms with Gasteiger partial charge in [0, 0.05) is 37.3 Å². The van der Waals surface area contributed by atoms with Crippen LogP contribution in [0.1, 0.15) is 11.1 Å². The molecule has 0 atom stereocenters. The summed E-state index contributed by atoms with van der Waals surface area (Å²) in [6, 6.07) is 18.9. The van der Waals surface area contributed by atoms with E-state index in [0.29, 0.717) is 28.2 Å². The molecule has 3 aromatic carbocycles. The molecule has 26 heavy (non-hydrogen) atoms. The third-order valence-electron chi connectivity index (χ3n) is 3.65. The van der Waals surface area contributed by atoms with E-state index >= 15 is 0 Å². The second kappa shape index (κ2) is 9.01. The van der Waals surface area contributed by atoms with Crippen molar-refractivity contribution in [3.05, 3.63) is 91.3 Å². The van der Waals surface area contributed by atoms with Crippen LogP contribution in [0.3, 0.4) is 0 Å². The number of anilines is 1. The predicted molar refractivity (Wildman–Crippen MR) is 114 cm³/mol. The van der Waals surface area contributed by atoms with E-state index in [4.69, 9.17) is 39.5 Å². The maximum absolute atomic E-state index is 6.05. The highest BCUT2D eigenvalue weighted by molar-refractivity contribution is 9.10. The van der Waals surface area contributed by atoms with Crippen LogP contribution >= 0.6 is 50.7 Å². The van der Waals surface area contributed by atoms with E-state index in [0.717, 1.165) is 27.0 Å². The second-order valence-corrected chi connectivity index (χ2v) is 7.91. The summed E-state index contributed by atoms with van der Waals surface area (Å²) >= 11 is 21.6. The molecule has 2 nitrogen and oxygen atoms in total. The van der Waals surface area contributed by atoms with Gasteiger partial charge in [-0.05, 0) is 54.1 Å². The summed E-state index contributed by atoms with van der Waals surface area (Å²) in [5, 5.41) is 5.20. The maximum Gasteiger partial charge on any atom is 0.124 e. The molecule has 0 aliphatic heterocycles. The third-order valence-corrected chi connectivity index (χ3v) is 4.82. The molecule has 3 rings (SSSR count). The molecule has 0 aliphatic rings. The summed E-state index contributed by atoms with van der Waals surface area (Å²) in [7, 11) is 0. The zero-order valence-corrected chi connectivity index (χ0v) is 17.5. The van der Waals surface area contributed by atoms with E-state index in [1.165, 1.54) is 0 Å². The van der Waals surface area contributed by atoms with Crippen molar-refractivity contribution in [2.45, 2.75) is 13.2 Å². The van der Waals surface area contributed by atoms with E-state index in [9.17, 15) is 0 Å².